The number of rotatable bonds is 6. The summed E-state index contributed by atoms with van der Waals surface area (Å²) in [6.45, 7) is 8.52. The van der Waals surface area contributed by atoms with E-state index in [1.54, 1.807) is 0 Å². The first kappa shape index (κ1) is 14.4. The van der Waals surface area contributed by atoms with E-state index in [-0.39, 0.29) is 6.04 Å². The molecule has 1 aliphatic rings. The van der Waals surface area contributed by atoms with Gasteiger partial charge in [-0.15, -0.1) is 0 Å². The van der Waals surface area contributed by atoms with Crippen molar-refractivity contribution in [3.8, 4) is 0 Å². The van der Waals surface area contributed by atoms with Gasteiger partial charge in [-0.25, -0.2) is 0 Å². The second kappa shape index (κ2) is 6.98. The van der Waals surface area contributed by atoms with Crippen molar-refractivity contribution in [1.82, 2.24) is 15.0 Å². The van der Waals surface area contributed by atoms with Crippen LogP contribution in [0.1, 0.15) is 50.4 Å². The number of hydrogen-bond donors (Lipinski definition) is 1. The highest BCUT2D eigenvalue weighted by Crippen LogP contribution is 2.25. The first-order valence-electron chi connectivity index (χ1n) is 7.13. The van der Waals surface area contributed by atoms with Gasteiger partial charge in [0.05, 0.1) is 6.04 Å². The van der Waals surface area contributed by atoms with Crippen molar-refractivity contribution in [1.29, 1.82) is 0 Å². The molecule has 2 heterocycles. The van der Waals surface area contributed by atoms with E-state index in [0.717, 1.165) is 45.7 Å². The van der Waals surface area contributed by atoms with Crippen LogP contribution in [0.4, 0.5) is 0 Å². The van der Waals surface area contributed by atoms with Gasteiger partial charge in [0.25, 0.3) is 0 Å². The summed E-state index contributed by atoms with van der Waals surface area (Å²) in [7, 11) is 0. The lowest BCUT2D eigenvalue weighted by Gasteiger charge is -2.20. The van der Waals surface area contributed by atoms with Gasteiger partial charge in [0.2, 0.25) is 5.89 Å². The van der Waals surface area contributed by atoms with E-state index >= 15 is 0 Å². The van der Waals surface area contributed by atoms with Gasteiger partial charge in [-0.05, 0) is 25.9 Å². The van der Waals surface area contributed by atoms with Crippen molar-refractivity contribution < 1.29 is 9.26 Å². The molecule has 1 unspecified atom stereocenters. The number of likely N-dealkylation sites (N-methyl/N-ethyl adjacent to an activating group) is 1. The third-order valence-electron chi connectivity index (χ3n) is 3.71. The molecule has 1 atom stereocenters. The van der Waals surface area contributed by atoms with E-state index in [0.29, 0.717) is 17.6 Å². The first-order valence-corrected chi connectivity index (χ1v) is 7.13. The quantitative estimate of drug-likeness (QED) is 0.838. The van der Waals surface area contributed by atoms with Crippen LogP contribution < -0.4 is 5.73 Å². The fourth-order valence-electron chi connectivity index (χ4n) is 2.35. The standard InChI is InChI=1S/C13H24N4O2/c1-3-17(4-2)9-11(14)12-15-13(19-16-12)10-5-7-18-8-6-10/h10-11H,3-9,14H2,1-2H3. The number of ether oxygens (including phenoxy) is 1. The van der Waals surface area contributed by atoms with Crippen LogP contribution in [-0.4, -0.2) is 47.9 Å². The van der Waals surface area contributed by atoms with Crippen molar-refractivity contribution in [2.45, 2.75) is 38.6 Å². The third kappa shape index (κ3) is 3.75. The minimum atomic E-state index is -0.183. The smallest absolute Gasteiger partial charge is 0.229 e. The normalized spacial score (nSPS) is 18.9. The predicted octanol–water partition coefficient (Wildman–Crippen LogP) is 1.31. The van der Waals surface area contributed by atoms with E-state index < -0.39 is 0 Å². The summed E-state index contributed by atoms with van der Waals surface area (Å²) >= 11 is 0. The number of aromatic nitrogens is 2. The Morgan fingerprint density at radius 1 is 1.32 bits per heavy atom. The highest BCUT2D eigenvalue weighted by atomic mass is 16.5. The number of hydrogen-bond acceptors (Lipinski definition) is 6. The fraction of sp³-hybridized carbons (Fsp3) is 0.846. The van der Waals surface area contributed by atoms with Gasteiger partial charge in [0, 0.05) is 25.7 Å². The molecule has 108 valence electrons. The van der Waals surface area contributed by atoms with Gasteiger partial charge in [-0.2, -0.15) is 4.98 Å². The Kier molecular flexibility index (Phi) is 5.30. The van der Waals surface area contributed by atoms with Crippen LogP contribution in [0.15, 0.2) is 4.52 Å². The molecule has 1 saturated heterocycles. The van der Waals surface area contributed by atoms with E-state index in [1.807, 2.05) is 0 Å². The highest BCUT2D eigenvalue weighted by Gasteiger charge is 2.24. The third-order valence-corrected chi connectivity index (χ3v) is 3.71. The van der Waals surface area contributed by atoms with Gasteiger partial charge in [0.15, 0.2) is 5.82 Å². The maximum Gasteiger partial charge on any atom is 0.229 e. The topological polar surface area (TPSA) is 77.4 Å². The molecule has 0 radical (unpaired) electrons. The molecule has 0 aromatic carbocycles. The maximum atomic E-state index is 6.14. The minimum Gasteiger partial charge on any atom is -0.381 e. The summed E-state index contributed by atoms with van der Waals surface area (Å²) in [5.41, 5.74) is 6.14. The molecule has 0 aliphatic carbocycles. The van der Waals surface area contributed by atoms with Gasteiger partial charge in [-0.1, -0.05) is 19.0 Å². The second-order valence-corrected chi connectivity index (χ2v) is 4.97. The van der Waals surface area contributed by atoms with E-state index in [4.69, 9.17) is 15.0 Å². The molecule has 0 bridgehead atoms. The predicted molar refractivity (Wildman–Crippen MR) is 71.8 cm³/mol. The molecule has 0 amide bonds. The average Bonchev–Trinajstić information content (AvgIpc) is 2.95. The zero-order valence-electron chi connectivity index (χ0n) is 11.8. The zero-order chi connectivity index (χ0) is 13.7. The molecule has 1 aromatic rings. The van der Waals surface area contributed by atoms with Crippen molar-refractivity contribution >= 4 is 0 Å². The summed E-state index contributed by atoms with van der Waals surface area (Å²) in [6, 6.07) is -0.183. The molecule has 2 rings (SSSR count). The molecular weight excluding hydrogens is 244 g/mol. The zero-order valence-corrected chi connectivity index (χ0v) is 11.8. The maximum absolute atomic E-state index is 6.14. The molecule has 0 saturated carbocycles. The lowest BCUT2D eigenvalue weighted by atomic mass is 10.0. The SMILES string of the molecule is CCN(CC)CC(N)c1noc(C2CCOCC2)n1. The van der Waals surface area contributed by atoms with Crippen LogP contribution in [0.25, 0.3) is 0 Å². The Hall–Kier alpha value is -0.980. The highest BCUT2D eigenvalue weighted by molar-refractivity contribution is 4.99. The van der Waals surface area contributed by atoms with Crippen LogP contribution in [0, 0.1) is 0 Å². The fourth-order valence-corrected chi connectivity index (χ4v) is 2.35. The summed E-state index contributed by atoms with van der Waals surface area (Å²) < 4.78 is 10.7. The lowest BCUT2D eigenvalue weighted by molar-refractivity contribution is 0.0778. The molecule has 1 aromatic heterocycles. The average molecular weight is 268 g/mol. The van der Waals surface area contributed by atoms with Crippen molar-refractivity contribution in [2.75, 3.05) is 32.8 Å². The van der Waals surface area contributed by atoms with Crippen LogP contribution >= 0.6 is 0 Å². The Balaban J connectivity index is 1.95. The number of nitrogens with zero attached hydrogens (tertiary/aromatic N) is 3. The molecule has 0 spiro atoms. The molecule has 1 aliphatic heterocycles. The molecular formula is C13H24N4O2. The summed E-state index contributed by atoms with van der Waals surface area (Å²) in [5.74, 6) is 1.66. The van der Waals surface area contributed by atoms with E-state index in [1.165, 1.54) is 0 Å². The molecule has 6 heteroatoms. The summed E-state index contributed by atoms with van der Waals surface area (Å²) in [6.07, 6.45) is 1.90. The molecule has 6 nitrogen and oxygen atoms in total. The second-order valence-electron chi connectivity index (χ2n) is 4.97. The van der Waals surface area contributed by atoms with Crippen molar-refractivity contribution in [2.24, 2.45) is 5.73 Å². The van der Waals surface area contributed by atoms with Gasteiger partial charge in [-0.3, -0.25) is 0 Å². The van der Waals surface area contributed by atoms with Crippen LogP contribution in [-0.2, 0) is 4.74 Å². The van der Waals surface area contributed by atoms with Crippen molar-refractivity contribution in [3.63, 3.8) is 0 Å². The van der Waals surface area contributed by atoms with Gasteiger partial charge < -0.3 is 19.9 Å². The molecule has 2 N–H and O–H groups in total. The largest absolute Gasteiger partial charge is 0.381 e. The number of nitrogens with two attached hydrogens (primary N) is 1. The van der Waals surface area contributed by atoms with Gasteiger partial charge in [0.1, 0.15) is 0 Å². The Morgan fingerprint density at radius 3 is 2.63 bits per heavy atom. The van der Waals surface area contributed by atoms with E-state index in [2.05, 4.69) is 28.9 Å². The van der Waals surface area contributed by atoms with E-state index in [9.17, 15) is 0 Å². The lowest BCUT2D eigenvalue weighted by Crippen LogP contribution is -2.32. The first-order chi connectivity index (χ1) is 9.24. The summed E-state index contributed by atoms with van der Waals surface area (Å²) in [4.78, 5) is 6.73. The molecule has 19 heavy (non-hydrogen) atoms. The Morgan fingerprint density at radius 2 is 2.00 bits per heavy atom. The minimum absolute atomic E-state index is 0.183. The van der Waals surface area contributed by atoms with Crippen LogP contribution in [0.5, 0.6) is 0 Å². The monoisotopic (exact) mass is 268 g/mol. The van der Waals surface area contributed by atoms with Crippen molar-refractivity contribution in [3.05, 3.63) is 11.7 Å². The molecule has 1 fully saturated rings. The van der Waals surface area contributed by atoms with Crippen LogP contribution in [0.3, 0.4) is 0 Å². The summed E-state index contributed by atoms with van der Waals surface area (Å²) in [5, 5.41) is 4.03. The van der Waals surface area contributed by atoms with Gasteiger partial charge >= 0.3 is 0 Å². The Bertz CT molecular complexity index is 372. The van der Waals surface area contributed by atoms with Crippen LogP contribution in [0.2, 0.25) is 0 Å². The Labute approximate surface area is 114 Å².